The number of ether oxygens (including phenoxy) is 2. The van der Waals surface area contributed by atoms with Gasteiger partial charge in [-0.1, -0.05) is 106 Å². The van der Waals surface area contributed by atoms with Crippen LogP contribution in [0.2, 0.25) is 0 Å². The molecule has 2 aliphatic heterocycles. The average Bonchev–Trinajstić information content (AvgIpc) is 1.10. The monoisotopic (exact) mass is 1470 g/mol. The Hall–Kier alpha value is -3.48. The summed E-state index contributed by atoms with van der Waals surface area (Å²) in [4.78, 5) is 34.1. The molecule has 2 aromatic carbocycles. The van der Waals surface area contributed by atoms with E-state index in [1.54, 1.807) is 0 Å². The second kappa shape index (κ2) is 28.4. The van der Waals surface area contributed by atoms with E-state index in [-0.39, 0.29) is 44.7 Å². The van der Waals surface area contributed by atoms with Gasteiger partial charge in [0.15, 0.2) is 19.7 Å². The Labute approximate surface area is 630 Å². The lowest BCUT2D eigenvalue weighted by Gasteiger charge is -2.72. The largest absolute Gasteiger partial charge is 0.465 e. The van der Waals surface area contributed by atoms with Crippen LogP contribution in [0.1, 0.15) is 231 Å². The molecular weight excluding hydrogens is 1330 g/mol. The summed E-state index contributed by atoms with van der Waals surface area (Å²) in [5.74, 6) is 7.40. The van der Waals surface area contributed by atoms with Crippen LogP contribution in [-0.2, 0) is 29.1 Å². The molecule has 14 rings (SSSR count). The summed E-state index contributed by atoms with van der Waals surface area (Å²) in [6, 6.07) is 17.3. The van der Waals surface area contributed by atoms with Crippen molar-refractivity contribution in [2.45, 2.75) is 222 Å². The van der Waals surface area contributed by atoms with Gasteiger partial charge in [0.25, 0.3) is 0 Å². The van der Waals surface area contributed by atoms with Crippen molar-refractivity contribution in [3.8, 4) is 0 Å². The molecule has 0 aromatic heterocycles. The quantitative estimate of drug-likeness (QED) is 0.153. The molecule has 580 valence electrons. The second-order valence-corrected chi connectivity index (χ2v) is 44.2. The number of carbonyl (C=O) groups excluding carboxylic acids is 2. The Morgan fingerprint density at radius 3 is 1.13 bits per heavy atom. The SMILES string of the molecule is COC(=O)c1ccc(C2=CC[C@]3(C)[C@H]4CC[C@@H]5[C@H]6[C@H](C(C)N(C)C)CC[C@]6(NCCN6CCS(=O)(=O)CC6)CC[C@@]5(C)[C@]4(C)CC[C@H]3C2(C)C)cc1.COC(=O)c1ccc(C2=CC[C@]3(C)[C@H]4CC[C@@H]5[C@H]6[C@H](C(C)N(C)C)CC[C@]6(NCCN6CCS(=O)(=O)CC6)CC[C@@]5(C)[C@]4(C)CC[C@H]3C2(C)C)cc1. The minimum atomic E-state index is -2.86. The van der Waals surface area contributed by atoms with Gasteiger partial charge in [-0.15, -0.1) is 0 Å². The van der Waals surface area contributed by atoms with Gasteiger partial charge in [0, 0.05) is 75.5 Å². The van der Waals surface area contributed by atoms with Crippen molar-refractivity contribution in [3.05, 3.63) is 82.9 Å². The lowest BCUT2D eigenvalue weighted by atomic mass is 9.33. The van der Waals surface area contributed by atoms with Crippen LogP contribution in [0, 0.1) is 102 Å². The Morgan fingerprint density at radius 2 is 0.808 bits per heavy atom. The molecule has 2 unspecified atom stereocenters. The molecule has 10 fully saturated rings. The third-order valence-electron chi connectivity index (χ3n) is 34.9. The molecule has 12 aliphatic rings. The molecule has 0 amide bonds. The van der Waals surface area contributed by atoms with Crippen LogP contribution in [0.15, 0.2) is 60.7 Å². The van der Waals surface area contributed by atoms with Crippen LogP contribution in [0.3, 0.4) is 0 Å². The van der Waals surface area contributed by atoms with E-state index in [0.29, 0.717) is 153 Å². The standard InChI is InChI=1S/2C44H69N3O4S/c2*1-30(46(7)8)33-16-21-44(45-24-25-47-26-28-52(49,50)29-27-47)23-22-42(5)35(38(33)44)14-15-37-41(4)19-17-34(31-10-12-32(13-11-31)39(48)51-9)40(2,3)36(41)18-20-43(37,42)6/h2*10-13,17,30,33,35-38,45H,14-16,18-29H2,1-9H3/t2*30?,33-,35+,36-,37+,38+,41-,42+,43+,44-/m00/s1. The van der Waals surface area contributed by atoms with Crippen molar-refractivity contribution in [2.75, 3.05) is 118 Å². The first-order valence-electron chi connectivity index (χ1n) is 41.3. The zero-order chi connectivity index (χ0) is 75.0. The van der Waals surface area contributed by atoms with Crippen LogP contribution in [0.4, 0.5) is 0 Å². The minimum Gasteiger partial charge on any atom is -0.465 e. The maximum atomic E-state index is 12.2. The molecule has 16 heteroatoms. The maximum absolute atomic E-state index is 12.2. The molecule has 2 heterocycles. The first kappa shape index (κ1) is 78.6. The van der Waals surface area contributed by atoms with Crippen molar-refractivity contribution in [1.29, 1.82) is 0 Å². The van der Waals surface area contributed by atoms with E-state index in [2.05, 4.69) is 178 Å². The molecule has 104 heavy (non-hydrogen) atoms. The number of sulfone groups is 2. The van der Waals surface area contributed by atoms with E-state index in [0.717, 1.165) is 39.0 Å². The summed E-state index contributed by atoms with van der Waals surface area (Å²) in [6.07, 6.45) is 28.2. The molecule has 0 radical (unpaired) electrons. The fourth-order valence-corrected chi connectivity index (χ4v) is 31.2. The first-order valence-corrected chi connectivity index (χ1v) is 45.0. The number of benzene rings is 2. The van der Waals surface area contributed by atoms with E-state index >= 15 is 0 Å². The number of allylic oxidation sites excluding steroid dienone is 4. The highest BCUT2D eigenvalue weighted by Gasteiger charge is 2.73. The highest BCUT2D eigenvalue weighted by molar-refractivity contribution is 7.91. The van der Waals surface area contributed by atoms with Gasteiger partial charge in [0.1, 0.15) is 0 Å². The first-order chi connectivity index (χ1) is 48.8. The van der Waals surface area contributed by atoms with Gasteiger partial charge in [-0.3, -0.25) is 0 Å². The van der Waals surface area contributed by atoms with Gasteiger partial charge in [0.05, 0.1) is 48.4 Å². The van der Waals surface area contributed by atoms with Crippen molar-refractivity contribution < 1.29 is 35.9 Å². The zero-order valence-corrected chi connectivity index (χ0v) is 69.4. The number of carbonyl (C=O) groups is 2. The third kappa shape index (κ3) is 13.0. The number of methoxy groups -OCH3 is 2. The number of hydrogen-bond acceptors (Lipinski definition) is 14. The Balaban J connectivity index is 0.000000185. The molecule has 2 saturated heterocycles. The Bertz CT molecular complexity index is 3530. The van der Waals surface area contributed by atoms with E-state index in [1.165, 1.54) is 139 Å². The summed E-state index contributed by atoms with van der Waals surface area (Å²) in [5.41, 5.74) is 8.73. The third-order valence-corrected chi connectivity index (χ3v) is 38.1. The summed E-state index contributed by atoms with van der Waals surface area (Å²) in [6.45, 7) is 37.8. The number of hydrogen-bond donors (Lipinski definition) is 2. The van der Waals surface area contributed by atoms with Gasteiger partial charge in [0.2, 0.25) is 0 Å². The fraction of sp³-hybridized carbons (Fsp3) is 0.795. The normalized spacial score (nSPS) is 41.6. The average molecular weight is 1470 g/mol. The Morgan fingerprint density at radius 1 is 0.462 bits per heavy atom. The Kier molecular flexibility index (Phi) is 21.5. The smallest absolute Gasteiger partial charge is 0.337 e. The zero-order valence-electron chi connectivity index (χ0n) is 67.8. The summed E-state index contributed by atoms with van der Waals surface area (Å²) >= 11 is 0. The molecule has 8 saturated carbocycles. The lowest BCUT2D eigenvalue weighted by molar-refractivity contribution is -0.221. The van der Waals surface area contributed by atoms with Crippen LogP contribution < -0.4 is 10.6 Å². The molecule has 2 N–H and O–H groups in total. The predicted octanol–water partition coefficient (Wildman–Crippen LogP) is 15.1. The van der Waals surface area contributed by atoms with Gasteiger partial charge >= 0.3 is 11.9 Å². The van der Waals surface area contributed by atoms with Gasteiger partial charge in [-0.25, -0.2) is 26.4 Å². The van der Waals surface area contributed by atoms with Crippen LogP contribution in [0.25, 0.3) is 11.1 Å². The molecule has 14 nitrogen and oxygen atoms in total. The van der Waals surface area contributed by atoms with Gasteiger partial charge in [-0.2, -0.15) is 0 Å². The van der Waals surface area contributed by atoms with Crippen LogP contribution >= 0.6 is 0 Å². The van der Waals surface area contributed by atoms with Crippen molar-refractivity contribution in [3.63, 3.8) is 0 Å². The van der Waals surface area contributed by atoms with Crippen molar-refractivity contribution in [2.24, 2.45) is 102 Å². The summed E-state index contributed by atoms with van der Waals surface area (Å²) in [5, 5.41) is 8.55. The van der Waals surface area contributed by atoms with E-state index in [4.69, 9.17) is 9.47 Å². The molecule has 0 bridgehead atoms. The summed E-state index contributed by atoms with van der Waals surface area (Å²) in [7, 11) is 6.30. The number of nitrogens with zero attached hydrogens (tertiary/aromatic N) is 4. The van der Waals surface area contributed by atoms with Crippen LogP contribution in [-0.4, -0.2) is 189 Å². The molecule has 0 spiro atoms. The highest BCUT2D eigenvalue weighted by atomic mass is 32.2. The predicted molar refractivity (Wildman–Crippen MR) is 424 cm³/mol. The number of fused-ring (bicyclic) bond motifs is 14. The van der Waals surface area contributed by atoms with Gasteiger partial charge < -0.3 is 39.7 Å². The van der Waals surface area contributed by atoms with E-state index in [1.807, 2.05) is 24.3 Å². The second-order valence-electron chi connectivity index (χ2n) is 39.6. The topological polar surface area (TPSA) is 158 Å². The van der Waals surface area contributed by atoms with Crippen molar-refractivity contribution >= 4 is 42.8 Å². The molecule has 10 aliphatic carbocycles. The minimum absolute atomic E-state index is 0.0424. The molecule has 2 aromatic rings. The molecule has 20 atom stereocenters. The number of nitrogens with one attached hydrogen (secondary N) is 2. The lowest BCUT2D eigenvalue weighted by Crippen LogP contribution is -2.68. The van der Waals surface area contributed by atoms with Gasteiger partial charge in [-0.05, 0) is 307 Å². The number of rotatable bonds is 16. The molecular formula is C88H138N6O8S2. The number of esters is 2. The maximum Gasteiger partial charge on any atom is 0.337 e. The summed E-state index contributed by atoms with van der Waals surface area (Å²) < 4.78 is 58.3. The van der Waals surface area contributed by atoms with E-state index in [9.17, 15) is 26.4 Å². The van der Waals surface area contributed by atoms with Crippen molar-refractivity contribution in [1.82, 2.24) is 30.2 Å². The fourth-order valence-electron chi connectivity index (χ4n) is 28.6. The van der Waals surface area contributed by atoms with E-state index < -0.39 is 19.7 Å². The highest BCUT2D eigenvalue weighted by Crippen LogP contribution is 2.79. The van der Waals surface area contributed by atoms with Crippen LogP contribution in [0.5, 0.6) is 0 Å².